The van der Waals surface area contributed by atoms with Crippen LogP contribution in [0, 0.1) is 6.92 Å². The molecule has 0 atom stereocenters. The van der Waals surface area contributed by atoms with Crippen molar-refractivity contribution >= 4 is 17.7 Å². The number of carbonyl (C=O) groups excluding carboxylic acids is 2. The van der Waals surface area contributed by atoms with Gasteiger partial charge in [0.15, 0.2) is 0 Å². The van der Waals surface area contributed by atoms with Gasteiger partial charge in [0, 0.05) is 25.7 Å². The maximum atomic E-state index is 12.1. The first-order valence-electron chi connectivity index (χ1n) is 7.00. The minimum Gasteiger partial charge on any atom is -0.480 e. The number of ketones is 1. The normalized spacial score (nSPS) is 9.52. The molecule has 0 bridgehead atoms. The van der Waals surface area contributed by atoms with Crippen LogP contribution in [-0.2, 0) is 16.6 Å². The Labute approximate surface area is 134 Å². The van der Waals surface area contributed by atoms with Crippen LogP contribution in [0.4, 0.5) is 0 Å². The molecule has 0 radical (unpaired) electrons. The summed E-state index contributed by atoms with van der Waals surface area (Å²) in [6.07, 6.45) is 1.88. The Morgan fingerprint density at radius 2 is 1.78 bits per heavy atom. The molecule has 0 saturated heterocycles. The topological polar surface area (TPSA) is 88.4 Å². The third-order valence-electron chi connectivity index (χ3n) is 3.05. The fourth-order valence-electron chi connectivity index (χ4n) is 1.86. The number of benzene rings is 1. The van der Waals surface area contributed by atoms with Crippen LogP contribution in [0.5, 0.6) is 0 Å². The van der Waals surface area contributed by atoms with Crippen molar-refractivity contribution in [3.63, 3.8) is 0 Å². The summed E-state index contributed by atoms with van der Waals surface area (Å²) in [5, 5.41) is 10.1. The molecule has 1 aromatic heterocycles. The fraction of sp³-hybridized carbons (Fsp3) is 0.235. The summed E-state index contributed by atoms with van der Waals surface area (Å²) in [6.45, 7) is 2.93. The Hall–Kier alpha value is -2.89. The van der Waals surface area contributed by atoms with Crippen LogP contribution in [0.1, 0.15) is 28.5 Å². The van der Waals surface area contributed by atoms with E-state index in [0.717, 1.165) is 16.8 Å². The minimum atomic E-state index is -1.03. The summed E-state index contributed by atoms with van der Waals surface area (Å²) in [5.41, 5.74) is 2.52. The average Bonchev–Trinajstić information content (AvgIpc) is 2.92. The smallest absolute Gasteiger partial charge is 0.322 e. The van der Waals surface area contributed by atoms with Gasteiger partial charge in [0.2, 0.25) is 11.7 Å². The molecule has 6 nitrogen and oxygen atoms in total. The number of nitrogens with zero attached hydrogens (tertiary/aromatic N) is 1. The number of nitrogens with one attached hydrogen (secondary N) is 1. The van der Waals surface area contributed by atoms with Crippen LogP contribution in [-0.4, -0.2) is 33.9 Å². The van der Waals surface area contributed by atoms with Crippen LogP contribution >= 0.6 is 0 Å². The Bertz CT molecular complexity index is 690. The van der Waals surface area contributed by atoms with Crippen molar-refractivity contribution in [1.82, 2.24) is 9.88 Å². The Morgan fingerprint density at radius 3 is 2.22 bits per heavy atom. The number of carboxylic acid groups (broad SMARTS) is 1. The molecule has 0 aliphatic rings. The molecule has 0 fully saturated rings. The first-order valence-corrected chi connectivity index (χ1v) is 7.00. The molecule has 1 aromatic carbocycles. The van der Waals surface area contributed by atoms with E-state index in [1.54, 1.807) is 0 Å². The summed E-state index contributed by atoms with van der Waals surface area (Å²) in [7, 11) is 1.88. The molecule has 2 rings (SSSR count). The number of aryl methyl sites for hydroxylation is 2. The largest absolute Gasteiger partial charge is 0.480 e. The van der Waals surface area contributed by atoms with Crippen LogP contribution in [0.2, 0.25) is 0 Å². The van der Waals surface area contributed by atoms with Crippen molar-refractivity contribution in [2.45, 2.75) is 13.8 Å². The zero-order valence-electron chi connectivity index (χ0n) is 13.4. The first-order chi connectivity index (χ1) is 10.8. The Balaban J connectivity index is 0.000000284. The van der Waals surface area contributed by atoms with Crippen molar-refractivity contribution in [2.75, 3.05) is 6.54 Å². The molecule has 2 N–H and O–H groups in total. The molecule has 23 heavy (non-hydrogen) atoms. The summed E-state index contributed by atoms with van der Waals surface area (Å²) < 4.78 is 1.84. The van der Waals surface area contributed by atoms with Crippen LogP contribution in [0.15, 0.2) is 42.6 Å². The molecule has 1 heterocycles. The lowest BCUT2D eigenvalue weighted by molar-refractivity contribution is -0.137. The van der Waals surface area contributed by atoms with E-state index in [0.29, 0.717) is 0 Å². The molecule has 122 valence electrons. The molecule has 0 aliphatic carbocycles. The van der Waals surface area contributed by atoms with Gasteiger partial charge < -0.3 is 15.0 Å². The van der Waals surface area contributed by atoms with Gasteiger partial charge in [-0.15, -0.1) is 0 Å². The summed E-state index contributed by atoms with van der Waals surface area (Å²) in [4.78, 5) is 31.8. The van der Waals surface area contributed by atoms with Gasteiger partial charge in [-0.25, -0.2) is 0 Å². The molecular weight excluding hydrogens is 296 g/mol. The van der Waals surface area contributed by atoms with Crippen molar-refractivity contribution in [2.24, 2.45) is 7.05 Å². The number of rotatable bonds is 4. The maximum absolute atomic E-state index is 12.1. The molecule has 2 aromatic rings. The van der Waals surface area contributed by atoms with Crippen molar-refractivity contribution in [1.29, 1.82) is 0 Å². The van der Waals surface area contributed by atoms with Crippen molar-refractivity contribution < 1.29 is 19.5 Å². The average molecular weight is 316 g/mol. The molecule has 0 saturated carbocycles. The number of carboxylic acids is 1. The first kappa shape index (κ1) is 18.2. The number of amides is 1. The van der Waals surface area contributed by atoms with Gasteiger partial charge in [-0.1, -0.05) is 24.3 Å². The van der Waals surface area contributed by atoms with Crippen LogP contribution in [0.25, 0.3) is 0 Å². The number of aliphatic carboxylic acids is 1. The van der Waals surface area contributed by atoms with Gasteiger partial charge in [-0.05, 0) is 24.6 Å². The highest BCUT2D eigenvalue weighted by atomic mass is 16.4. The molecule has 0 spiro atoms. The van der Waals surface area contributed by atoms with Gasteiger partial charge in [-0.3, -0.25) is 14.4 Å². The van der Waals surface area contributed by atoms with E-state index in [-0.39, 0.29) is 18.2 Å². The second-order valence-electron chi connectivity index (χ2n) is 4.95. The van der Waals surface area contributed by atoms with E-state index in [2.05, 4.69) is 5.32 Å². The predicted octanol–water partition coefficient (Wildman–Crippen LogP) is 1.77. The van der Waals surface area contributed by atoms with Gasteiger partial charge in [0.1, 0.15) is 6.54 Å². The van der Waals surface area contributed by atoms with E-state index in [4.69, 9.17) is 5.11 Å². The van der Waals surface area contributed by atoms with Crippen LogP contribution < -0.4 is 5.32 Å². The van der Waals surface area contributed by atoms with E-state index >= 15 is 0 Å². The third-order valence-corrected chi connectivity index (χ3v) is 3.05. The SMILES string of the molecule is CC(=O)NCC(=O)O.Cc1ccccc1C(=O)c1cccn1C. The number of hydrogen-bond acceptors (Lipinski definition) is 3. The monoisotopic (exact) mass is 316 g/mol. The highest BCUT2D eigenvalue weighted by Gasteiger charge is 2.12. The molecule has 0 unspecified atom stereocenters. The standard InChI is InChI=1S/C13H13NO.C4H7NO3/c1-10-6-3-4-7-11(10)13(15)12-8-5-9-14(12)2;1-3(6)5-2-4(7)8/h3-9H,1-2H3;2H2,1H3,(H,5,6)(H,7,8). The second kappa shape index (κ2) is 8.53. The lowest BCUT2D eigenvalue weighted by Crippen LogP contribution is -2.26. The second-order valence-corrected chi connectivity index (χ2v) is 4.95. The minimum absolute atomic E-state index is 0.0839. The van der Waals surface area contributed by atoms with E-state index in [9.17, 15) is 14.4 Å². The fourth-order valence-corrected chi connectivity index (χ4v) is 1.86. The highest BCUT2D eigenvalue weighted by Crippen LogP contribution is 2.13. The zero-order chi connectivity index (χ0) is 17.4. The third kappa shape index (κ3) is 5.78. The molecular formula is C17H20N2O4. The van der Waals surface area contributed by atoms with Gasteiger partial charge >= 0.3 is 5.97 Å². The molecule has 0 aliphatic heterocycles. The highest BCUT2D eigenvalue weighted by molar-refractivity contribution is 6.08. The lowest BCUT2D eigenvalue weighted by Gasteiger charge is -2.05. The molecule has 6 heteroatoms. The van der Waals surface area contributed by atoms with Gasteiger partial charge in [0.25, 0.3) is 0 Å². The van der Waals surface area contributed by atoms with E-state index in [1.165, 1.54) is 6.92 Å². The van der Waals surface area contributed by atoms with Gasteiger partial charge in [0.05, 0.1) is 5.69 Å². The van der Waals surface area contributed by atoms with Crippen molar-refractivity contribution in [3.8, 4) is 0 Å². The lowest BCUT2D eigenvalue weighted by atomic mass is 10.0. The quantitative estimate of drug-likeness (QED) is 0.841. The van der Waals surface area contributed by atoms with Crippen molar-refractivity contribution in [3.05, 3.63) is 59.4 Å². The van der Waals surface area contributed by atoms with E-state index < -0.39 is 5.97 Å². The number of carbonyl (C=O) groups is 3. The van der Waals surface area contributed by atoms with Crippen LogP contribution in [0.3, 0.4) is 0 Å². The summed E-state index contributed by atoms with van der Waals surface area (Å²) in [5.74, 6) is -1.27. The predicted molar refractivity (Wildman–Crippen MR) is 86.3 cm³/mol. The van der Waals surface area contributed by atoms with Gasteiger partial charge in [-0.2, -0.15) is 0 Å². The summed E-state index contributed by atoms with van der Waals surface area (Å²) in [6, 6.07) is 11.4. The molecule has 1 amide bonds. The van der Waals surface area contributed by atoms with E-state index in [1.807, 2.05) is 61.1 Å². The zero-order valence-corrected chi connectivity index (χ0v) is 13.4. The summed E-state index contributed by atoms with van der Waals surface area (Å²) >= 11 is 0. The maximum Gasteiger partial charge on any atom is 0.322 e. The number of aromatic nitrogens is 1. The Kier molecular flexibility index (Phi) is 6.73. The number of hydrogen-bond donors (Lipinski definition) is 2. The Morgan fingerprint density at radius 1 is 1.13 bits per heavy atom.